The van der Waals surface area contributed by atoms with Crippen LogP contribution in [0.2, 0.25) is 0 Å². The second-order valence-corrected chi connectivity index (χ2v) is 10.9. The number of imidazole rings is 1. The number of benzene rings is 2. The van der Waals surface area contributed by atoms with E-state index in [0.29, 0.717) is 41.3 Å². The van der Waals surface area contributed by atoms with E-state index in [4.69, 9.17) is 10.5 Å². The van der Waals surface area contributed by atoms with E-state index in [1.165, 1.54) is 15.5 Å². The number of aromatic nitrogens is 4. The predicted molar refractivity (Wildman–Crippen MR) is 152 cm³/mol. The van der Waals surface area contributed by atoms with Crippen molar-refractivity contribution >= 4 is 22.9 Å². The predicted octanol–water partition coefficient (Wildman–Crippen LogP) is 4.44. The van der Waals surface area contributed by atoms with Gasteiger partial charge in [-0.05, 0) is 54.7 Å². The van der Waals surface area contributed by atoms with E-state index in [9.17, 15) is 14.9 Å². The van der Waals surface area contributed by atoms with Crippen LogP contribution in [0.4, 0.5) is 5.82 Å². The maximum Gasteiger partial charge on any atom is 0.335 e. The Balaban J connectivity index is 1.49. The van der Waals surface area contributed by atoms with E-state index in [1.807, 2.05) is 51.1 Å². The average Bonchev–Trinajstić information content (AvgIpc) is 3.51. The molecule has 1 fully saturated rings. The van der Waals surface area contributed by atoms with Crippen molar-refractivity contribution in [3.63, 3.8) is 0 Å². The van der Waals surface area contributed by atoms with E-state index >= 15 is 0 Å². The van der Waals surface area contributed by atoms with Crippen LogP contribution < -0.4 is 16.2 Å². The summed E-state index contributed by atoms with van der Waals surface area (Å²) in [6.45, 7) is 6.56. The molecule has 3 heterocycles. The summed E-state index contributed by atoms with van der Waals surface area (Å²) in [7, 11) is 0. The lowest BCUT2D eigenvalue weighted by Gasteiger charge is -2.25. The fraction of sp³-hybridized carbons (Fsp3) is 0.300. The third-order valence-electron chi connectivity index (χ3n) is 6.77. The maximum absolute atomic E-state index is 13.9. The number of likely N-dealkylation sites (tertiary alicyclic amines) is 1. The maximum atomic E-state index is 13.9. The number of hydrogen-bond donors (Lipinski definition) is 1. The topological polar surface area (TPSA) is 132 Å². The Morgan fingerprint density at radius 1 is 1.12 bits per heavy atom. The lowest BCUT2D eigenvalue weighted by Crippen LogP contribution is -2.40. The number of carbonyl (C=O) groups excluding carboxylic acids is 1. The fourth-order valence-electron chi connectivity index (χ4n) is 5.03. The number of nitrogens with two attached hydrogens (primary N) is 1. The highest BCUT2D eigenvalue weighted by atomic mass is 16.5. The van der Waals surface area contributed by atoms with Crippen LogP contribution in [0.1, 0.15) is 33.6 Å². The molecule has 0 saturated carbocycles. The number of rotatable bonds is 6. The number of ether oxygens (including phenoxy) is 1. The molecule has 10 heteroatoms. The van der Waals surface area contributed by atoms with Gasteiger partial charge in [0.2, 0.25) is 0 Å². The van der Waals surface area contributed by atoms with Gasteiger partial charge < -0.3 is 15.4 Å². The molecule has 40 heavy (non-hydrogen) atoms. The molecular weight excluding hydrogens is 506 g/mol. The largest absolute Gasteiger partial charge is 0.457 e. The van der Waals surface area contributed by atoms with Crippen molar-refractivity contribution < 1.29 is 9.53 Å². The molecule has 204 valence electrons. The number of anilines is 1. The summed E-state index contributed by atoms with van der Waals surface area (Å²) < 4.78 is 8.91. The van der Waals surface area contributed by atoms with Crippen LogP contribution in [-0.2, 0) is 11.3 Å². The minimum atomic E-state index is -0.344. The first-order valence-corrected chi connectivity index (χ1v) is 13.2. The zero-order chi connectivity index (χ0) is 28.4. The normalized spacial score (nSPS) is 15.8. The molecule has 2 N–H and O–H groups in total. The number of hydrogen-bond acceptors (Lipinski definition) is 7. The summed E-state index contributed by atoms with van der Waals surface area (Å²) in [4.78, 5) is 37.4. The summed E-state index contributed by atoms with van der Waals surface area (Å²) in [5.41, 5.74) is 7.05. The second kappa shape index (κ2) is 10.7. The van der Waals surface area contributed by atoms with Gasteiger partial charge in [0.05, 0.1) is 11.7 Å². The van der Waals surface area contributed by atoms with E-state index in [-0.39, 0.29) is 41.0 Å². The Labute approximate surface area is 231 Å². The second-order valence-electron chi connectivity index (χ2n) is 10.9. The summed E-state index contributed by atoms with van der Waals surface area (Å²) in [6, 6.07) is 18.3. The van der Waals surface area contributed by atoms with Gasteiger partial charge in [-0.25, -0.2) is 14.8 Å². The lowest BCUT2D eigenvalue weighted by atomic mass is 9.93. The molecule has 4 aromatic rings. The minimum absolute atomic E-state index is 0.110. The van der Waals surface area contributed by atoms with Crippen LogP contribution in [0.5, 0.6) is 11.5 Å². The van der Waals surface area contributed by atoms with E-state index in [2.05, 4.69) is 16.0 Å². The molecule has 0 radical (unpaired) electrons. The molecule has 0 aliphatic carbocycles. The highest BCUT2D eigenvalue weighted by Gasteiger charge is 2.33. The van der Waals surface area contributed by atoms with Crippen LogP contribution in [0.3, 0.4) is 0 Å². The molecule has 1 unspecified atom stereocenters. The highest BCUT2D eigenvalue weighted by molar-refractivity contribution is 5.97. The summed E-state index contributed by atoms with van der Waals surface area (Å²) in [5.74, 6) is 1.17. The van der Waals surface area contributed by atoms with Crippen molar-refractivity contribution in [2.45, 2.75) is 46.2 Å². The fourth-order valence-corrected chi connectivity index (χ4v) is 5.03. The summed E-state index contributed by atoms with van der Waals surface area (Å²) >= 11 is 0. The molecule has 1 aliphatic heterocycles. The molecule has 10 nitrogen and oxygen atoms in total. The van der Waals surface area contributed by atoms with Crippen molar-refractivity contribution in [3.8, 4) is 23.3 Å². The van der Waals surface area contributed by atoms with Gasteiger partial charge in [-0.3, -0.25) is 13.9 Å². The first kappa shape index (κ1) is 26.7. The lowest BCUT2D eigenvalue weighted by molar-refractivity contribution is -0.127. The SMILES string of the molecule is CC(C)(C)C=C(C#N)C(=O)N1CCCC1Cn1c(=O)n(-c2ccc(Oc3ccccc3)cc2)c2c(N)ncnc21. The number of amides is 1. The van der Waals surface area contributed by atoms with Gasteiger partial charge in [-0.1, -0.05) is 45.0 Å². The van der Waals surface area contributed by atoms with Crippen LogP contribution in [0, 0.1) is 16.7 Å². The number of allylic oxidation sites excluding steroid dienone is 1. The number of fused-ring (bicyclic) bond motifs is 1. The quantitative estimate of drug-likeness (QED) is 0.284. The van der Waals surface area contributed by atoms with Gasteiger partial charge in [0.25, 0.3) is 5.91 Å². The number of para-hydroxylation sites is 1. The Hall–Kier alpha value is -4.91. The van der Waals surface area contributed by atoms with E-state index < -0.39 is 0 Å². The summed E-state index contributed by atoms with van der Waals surface area (Å²) in [5, 5.41) is 9.68. The standard InChI is InChI=1S/C30H31N7O3/c1-30(2,3)16-20(17-31)28(38)35-15-7-8-22(35)18-36-27-25(26(32)33-19-34-27)37(29(36)39)21-11-13-24(14-12-21)40-23-9-5-4-6-10-23/h4-6,9-14,16,19,22H,7-8,15,18H2,1-3H3,(H2,32,33,34). The van der Waals surface area contributed by atoms with E-state index in [0.717, 1.165) is 6.42 Å². The Morgan fingerprint density at radius 2 is 1.82 bits per heavy atom. The molecule has 1 atom stereocenters. The van der Waals surface area contributed by atoms with Gasteiger partial charge in [-0.15, -0.1) is 0 Å². The van der Waals surface area contributed by atoms with Crippen molar-refractivity contribution in [3.05, 3.63) is 83.1 Å². The number of nitrogen functional groups attached to an aromatic ring is 1. The highest BCUT2D eigenvalue weighted by Crippen LogP contribution is 2.27. The Bertz CT molecular complexity index is 1670. The van der Waals surface area contributed by atoms with Crippen molar-refractivity contribution in [2.75, 3.05) is 12.3 Å². The number of nitrogens with zero attached hydrogens (tertiary/aromatic N) is 6. The average molecular weight is 538 g/mol. The van der Waals surface area contributed by atoms with Crippen LogP contribution in [-0.4, -0.2) is 42.5 Å². The molecule has 1 saturated heterocycles. The van der Waals surface area contributed by atoms with Crippen molar-refractivity contribution in [2.24, 2.45) is 5.41 Å². The van der Waals surface area contributed by atoms with Gasteiger partial charge in [0, 0.05) is 13.1 Å². The zero-order valence-electron chi connectivity index (χ0n) is 22.7. The van der Waals surface area contributed by atoms with Crippen LogP contribution in [0.15, 0.2) is 77.4 Å². The number of nitriles is 1. The van der Waals surface area contributed by atoms with E-state index in [1.54, 1.807) is 35.2 Å². The summed E-state index contributed by atoms with van der Waals surface area (Å²) in [6.07, 6.45) is 4.50. The third kappa shape index (κ3) is 5.31. The third-order valence-corrected chi connectivity index (χ3v) is 6.77. The van der Waals surface area contributed by atoms with Crippen molar-refractivity contribution in [1.29, 1.82) is 5.26 Å². The van der Waals surface area contributed by atoms with Crippen LogP contribution in [0.25, 0.3) is 16.9 Å². The van der Waals surface area contributed by atoms with Crippen molar-refractivity contribution in [1.82, 2.24) is 24.0 Å². The molecule has 0 spiro atoms. The molecule has 2 aromatic heterocycles. The monoisotopic (exact) mass is 537 g/mol. The van der Waals surface area contributed by atoms with Gasteiger partial charge in [-0.2, -0.15) is 5.26 Å². The molecule has 1 aliphatic rings. The number of carbonyl (C=O) groups is 1. The van der Waals surface area contributed by atoms with Gasteiger partial charge >= 0.3 is 5.69 Å². The first-order valence-electron chi connectivity index (χ1n) is 13.2. The zero-order valence-corrected chi connectivity index (χ0v) is 22.7. The van der Waals surface area contributed by atoms with Crippen LogP contribution >= 0.6 is 0 Å². The molecule has 0 bridgehead atoms. The van der Waals surface area contributed by atoms with Gasteiger partial charge in [0.1, 0.15) is 35.0 Å². The minimum Gasteiger partial charge on any atom is -0.457 e. The Kier molecular flexibility index (Phi) is 7.13. The smallest absolute Gasteiger partial charge is 0.335 e. The molecule has 2 aromatic carbocycles. The Morgan fingerprint density at radius 3 is 2.50 bits per heavy atom. The molecule has 1 amide bonds. The molecular formula is C30H31N7O3. The molecule has 5 rings (SSSR count). The first-order chi connectivity index (χ1) is 19.2. The van der Waals surface area contributed by atoms with Gasteiger partial charge in [0.15, 0.2) is 11.5 Å².